The van der Waals surface area contributed by atoms with E-state index in [0.29, 0.717) is 11.1 Å². The number of benzene rings is 2. The highest BCUT2D eigenvalue weighted by Gasteiger charge is 2.14. The minimum absolute atomic E-state index is 0.0665. The van der Waals surface area contributed by atoms with Crippen molar-refractivity contribution in [1.29, 1.82) is 0 Å². The van der Waals surface area contributed by atoms with Crippen molar-refractivity contribution >= 4 is 15.9 Å². The number of hydrogen-bond acceptors (Lipinski definition) is 2. The maximum Gasteiger partial charge on any atom is 0.165 e. The lowest BCUT2D eigenvalue weighted by Gasteiger charge is -2.13. The Balaban J connectivity index is 2.21. The van der Waals surface area contributed by atoms with Crippen LogP contribution < -0.4 is 4.74 Å². The maximum absolute atomic E-state index is 13.6. The number of ether oxygens (including phenoxy) is 1. The fourth-order valence-corrected chi connectivity index (χ4v) is 2.32. The van der Waals surface area contributed by atoms with E-state index in [-0.39, 0.29) is 12.2 Å². The van der Waals surface area contributed by atoms with Gasteiger partial charge in [-0.25, -0.2) is 8.78 Å². The van der Waals surface area contributed by atoms with Gasteiger partial charge in [0, 0.05) is 10.9 Å². The van der Waals surface area contributed by atoms with Crippen molar-refractivity contribution in [3.8, 4) is 5.75 Å². The monoisotopic (exact) mass is 342 g/mol. The lowest BCUT2D eigenvalue weighted by atomic mass is 10.0. The second kappa shape index (κ2) is 6.33. The fourth-order valence-electron chi connectivity index (χ4n) is 1.92. The predicted molar refractivity (Wildman–Crippen MR) is 75.7 cm³/mol. The molecule has 0 aromatic heterocycles. The van der Waals surface area contributed by atoms with E-state index in [4.69, 9.17) is 4.74 Å². The van der Waals surface area contributed by atoms with Crippen LogP contribution in [0.4, 0.5) is 8.78 Å². The first-order chi connectivity index (χ1) is 9.51. The molecule has 0 spiro atoms. The molecule has 0 amide bonds. The smallest absolute Gasteiger partial charge is 0.165 e. The van der Waals surface area contributed by atoms with E-state index in [1.807, 2.05) is 0 Å². The minimum atomic E-state index is -0.987. The van der Waals surface area contributed by atoms with Crippen LogP contribution in [0.1, 0.15) is 17.2 Å². The van der Waals surface area contributed by atoms with Gasteiger partial charge in [0.2, 0.25) is 0 Å². The Morgan fingerprint density at radius 1 is 1.15 bits per heavy atom. The fraction of sp³-hybridized carbons (Fsp3) is 0.200. The van der Waals surface area contributed by atoms with Gasteiger partial charge in [-0.2, -0.15) is 0 Å². The van der Waals surface area contributed by atoms with Crippen molar-refractivity contribution < 1.29 is 18.6 Å². The zero-order valence-corrected chi connectivity index (χ0v) is 12.3. The number of rotatable bonds is 4. The molecule has 2 aromatic carbocycles. The molecule has 0 radical (unpaired) electrons. The van der Waals surface area contributed by atoms with Crippen LogP contribution in [0.15, 0.2) is 40.9 Å². The molecule has 1 unspecified atom stereocenters. The molecule has 1 atom stereocenters. The molecule has 0 aliphatic carbocycles. The number of aliphatic hydroxyl groups is 1. The summed E-state index contributed by atoms with van der Waals surface area (Å²) in [5, 5.41) is 10.1. The molecule has 1 N–H and O–H groups in total. The molecule has 20 heavy (non-hydrogen) atoms. The molecular weight excluding hydrogens is 330 g/mol. The van der Waals surface area contributed by atoms with Gasteiger partial charge >= 0.3 is 0 Å². The van der Waals surface area contributed by atoms with E-state index in [1.54, 1.807) is 18.2 Å². The summed E-state index contributed by atoms with van der Waals surface area (Å²) in [7, 11) is 1.37. The van der Waals surface area contributed by atoms with Gasteiger partial charge in [0.05, 0.1) is 13.2 Å². The van der Waals surface area contributed by atoms with Crippen LogP contribution in [-0.4, -0.2) is 12.2 Å². The van der Waals surface area contributed by atoms with Gasteiger partial charge in [0.25, 0.3) is 0 Å². The Hall–Kier alpha value is -1.46. The molecule has 0 aliphatic heterocycles. The summed E-state index contributed by atoms with van der Waals surface area (Å²) in [4.78, 5) is 0. The normalized spacial score (nSPS) is 12.2. The van der Waals surface area contributed by atoms with Crippen molar-refractivity contribution in [3.05, 3.63) is 63.6 Å². The molecule has 106 valence electrons. The summed E-state index contributed by atoms with van der Waals surface area (Å²) >= 11 is 3.25. The van der Waals surface area contributed by atoms with Crippen LogP contribution in [-0.2, 0) is 6.42 Å². The first kappa shape index (κ1) is 14.9. The molecule has 2 aromatic rings. The number of aliphatic hydroxyl groups excluding tert-OH is 1. The Kier molecular flexibility index (Phi) is 4.73. The maximum atomic E-state index is 13.6. The lowest BCUT2D eigenvalue weighted by molar-refractivity contribution is 0.176. The molecule has 0 bridgehead atoms. The average Bonchev–Trinajstić information content (AvgIpc) is 2.42. The Morgan fingerprint density at radius 3 is 2.55 bits per heavy atom. The topological polar surface area (TPSA) is 29.5 Å². The molecule has 0 saturated heterocycles. The summed E-state index contributed by atoms with van der Waals surface area (Å²) in [6.45, 7) is 0. The van der Waals surface area contributed by atoms with Crippen LogP contribution in [0, 0.1) is 11.6 Å². The first-order valence-corrected chi connectivity index (χ1v) is 6.76. The highest BCUT2D eigenvalue weighted by atomic mass is 79.9. The van der Waals surface area contributed by atoms with Crippen molar-refractivity contribution in [2.24, 2.45) is 0 Å². The van der Waals surface area contributed by atoms with Gasteiger partial charge in [-0.3, -0.25) is 0 Å². The summed E-state index contributed by atoms with van der Waals surface area (Å²) < 4.78 is 32.7. The van der Waals surface area contributed by atoms with Crippen LogP contribution >= 0.6 is 15.9 Å². The number of hydrogen-bond donors (Lipinski definition) is 1. The van der Waals surface area contributed by atoms with Crippen molar-refractivity contribution in [2.75, 3.05) is 7.11 Å². The molecule has 0 heterocycles. The predicted octanol–water partition coefficient (Wildman–Crippen LogP) is 4.01. The molecule has 2 nitrogen and oxygen atoms in total. The van der Waals surface area contributed by atoms with E-state index in [2.05, 4.69) is 15.9 Å². The molecule has 0 aliphatic rings. The minimum Gasteiger partial charge on any atom is -0.494 e. The second-order valence-electron chi connectivity index (χ2n) is 4.35. The SMILES string of the molecule is COc1ccc(C(O)Cc2cc(Br)ccc2F)cc1F. The third-order valence-electron chi connectivity index (χ3n) is 2.98. The highest BCUT2D eigenvalue weighted by molar-refractivity contribution is 9.10. The Labute approximate surface area is 124 Å². The summed E-state index contributed by atoms with van der Waals surface area (Å²) in [6.07, 6.45) is -0.920. The molecule has 2 rings (SSSR count). The zero-order chi connectivity index (χ0) is 14.7. The van der Waals surface area contributed by atoms with Gasteiger partial charge in [0.15, 0.2) is 11.6 Å². The zero-order valence-electron chi connectivity index (χ0n) is 10.7. The second-order valence-corrected chi connectivity index (χ2v) is 5.27. The van der Waals surface area contributed by atoms with E-state index < -0.39 is 17.7 Å². The number of methoxy groups -OCH3 is 1. The van der Waals surface area contributed by atoms with Crippen molar-refractivity contribution in [3.63, 3.8) is 0 Å². The van der Waals surface area contributed by atoms with Crippen molar-refractivity contribution in [1.82, 2.24) is 0 Å². The third kappa shape index (κ3) is 3.35. The van der Waals surface area contributed by atoms with Gasteiger partial charge in [0.1, 0.15) is 5.82 Å². The molecule has 0 fully saturated rings. The largest absolute Gasteiger partial charge is 0.494 e. The van der Waals surface area contributed by atoms with Crippen LogP contribution in [0.5, 0.6) is 5.75 Å². The number of halogens is 3. The van der Waals surface area contributed by atoms with E-state index in [9.17, 15) is 13.9 Å². The molecule has 5 heteroatoms. The molecular formula is C15H13BrF2O2. The Morgan fingerprint density at radius 2 is 1.90 bits per heavy atom. The van der Waals surface area contributed by atoms with Crippen LogP contribution in [0.2, 0.25) is 0 Å². The van der Waals surface area contributed by atoms with Gasteiger partial charge < -0.3 is 9.84 Å². The van der Waals surface area contributed by atoms with Crippen LogP contribution in [0.25, 0.3) is 0 Å². The standard InChI is InChI=1S/C15H13BrF2O2/c1-20-15-5-2-9(7-13(15)18)14(19)8-10-6-11(16)3-4-12(10)17/h2-7,14,19H,8H2,1H3. The average molecular weight is 343 g/mol. The Bertz CT molecular complexity index is 617. The quantitative estimate of drug-likeness (QED) is 0.909. The summed E-state index contributed by atoms with van der Waals surface area (Å²) in [5.74, 6) is -0.852. The first-order valence-electron chi connectivity index (χ1n) is 5.96. The van der Waals surface area contributed by atoms with Crippen molar-refractivity contribution in [2.45, 2.75) is 12.5 Å². The summed E-state index contributed by atoms with van der Waals surface area (Å²) in [6, 6.07) is 8.68. The van der Waals surface area contributed by atoms with E-state index in [0.717, 1.165) is 4.47 Å². The van der Waals surface area contributed by atoms with E-state index in [1.165, 1.54) is 25.3 Å². The van der Waals surface area contributed by atoms with Gasteiger partial charge in [-0.15, -0.1) is 0 Å². The third-order valence-corrected chi connectivity index (χ3v) is 3.47. The highest BCUT2D eigenvalue weighted by Crippen LogP contribution is 2.26. The van der Waals surface area contributed by atoms with Crippen LogP contribution in [0.3, 0.4) is 0 Å². The summed E-state index contributed by atoms with van der Waals surface area (Å²) in [5.41, 5.74) is 0.741. The lowest BCUT2D eigenvalue weighted by Crippen LogP contribution is -2.04. The molecule has 0 saturated carbocycles. The van der Waals surface area contributed by atoms with Gasteiger partial charge in [-0.05, 0) is 41.5 Å². The van der Waals surface area contributed by atoms with Gasteiger partial charge in [-0.1, -0.05) is 22.0 Å². The van der Waals surface area contributed by atoms with E-state index >= 15 is 0 Å².